The second-order valence-corrected chi connectivity index (χ2v) is 5.29. The van der Waals surface area contributed by atoms with Crippen molar-refractivity contribution >= 4 is 5.91 Å². The Bertz CT molecular complexity index is 810. The van der Waals surface area contributed by atoms with E-state index in [1.807, 2.05) is 48.9 Å². The molecule has 1 aromatic carbocycles. The van der Waals surface area contributed by atoms with E-state index >= 15 is 0 Å². The Balaban J connectivity index is 1.79. The summed E-state index contributed by atoms with van der Waals surface area (Å²) < 4.78 is 1.90. The topological polar surface area (TPSA) is 59.8 Å². The van der Waals surface area contributed by atoms with Crippen LogP contribution in [0.25, 0.3) is 5.69 Å². The van der Waals surface area contributed by atoms with Gasteiger partial charge >= 0.3 is 0 Å². The minimum atomic E-state index is -0.183. The van der Waals surface area contributed by atoms with Crippen LogP contribution in [0.2, 0.25) is 0 Å². The summed E-state index contributed by atoms with van der Waals surface area (Å²) in [6.07, 6.45) is 1.61. The molecule has 2 heterocycles. The number of amides is 1. The number of hydrogen-bond acceptors (Lipinski definition) is 3. The van der Waals surface area contributed by atoms with E-state index < -0.39 is 0 Å². The van der Waals surface area contributed by atoms with Gasteiger partial charge < -0.3 is 5.32 Å². The van der Waals surface area contributed by atoms with Crippen LogP contribution < -0.4 is 5.32 Å². The predicted octanol–water partition coefficient (Wildman–Crippen LogP) is 2.81. The van der Waals surface area contributed by atoms with Crippen LogP contribution in [-0.2, 0) is 6.54 Å². The monoisotopic (exact) mass is 306 g/mol. The minimum Gasteiger partial charge on any atom is -0.346 e. The zero-order valence-corrected chi connectivity index (χ0v) is 13.2. The summed E-state index contributed by atoms with van der Waals surface area (Å²) in [7, 11) is 0. The van der Waals surface area contributed by atoms with Crippen LogP contribution in [0.3, 0.4) is 0 Å². The van der Waals surface area contributed by atoms with Crippen molar-refractivity contribution in [2.45, 2.75) is 20.4 Å². The van der Waals surface area contributed by atoms with Gasteiger partial charge in [-0.05, 0) is 38.1 Å². The van der Waals surface area contributed by atoms with E-state index in [0.717, 1.165) is 22.6 Å². The number of pyridine rings is 1. The molecule has 1 amide bonds. The molecule has 2 aromatic heterocycles. The van der Waals surface area contributed by atoms with Gasteiger partial charge in [-0.1, -0.05) is 24.3 Å². The highest BCUT2D eigenvalue weighted by Gasteiger charge is 2.14. The van der Waals surface area contributed by atoms with Crippen molar-refractivity contribution in [2.24, 2.45) is 0 Å². The molecule has 0 fully saturated rings. The Morgan fingerprint density at radius 3 is 2.52 bits per heavy atom. The van der Waals surface area contributed by atoms with E-state index in [9.17, 15) is 4.79 Å². The van der Waals surface area contributed by atoms with Crippen LogP contribution in [0.5, 0.6) is 0 Å². The molecule has 0 aliphatic heterocycles. The molecule has 0 unspecified atom stereocenters. The van der Waals surface area contributed by atoms with E-state index in [4.69, 9.17) is 0 Å². The highest BCUT2D eigenvalue weighted by Crippen LogP contribution is 2.17. The number of aryl methyl sites for hydroxylation is 1. The summed E-state index contributed by atoms with van der Waals surface area (Å²) in [5.41, 5.74) is 4.38. The quantitative estimate of drug-likeness (QED) is 0.806. The first-order chi connectivity index (χ1) is 11.2. The molecule has 0 saturated carbocycles. The van der Waals surface area contributed by atoms with Crippen LogP contribution in [0.15, 0.2) is 54.7 Å². The Morgan fingerprint density at radius 1 is 1.09 bits per heavy atom. The molecular weight excluding hydrogens is 288 g/mol. The first kappa shape index (κ1) is 15.0. The lowest BCUT2D eigenvalue weighted by Gasteiger charge is -2.07. The van der Waals surface area contributed by atoms with Crippen molar-refractivity contribution in [2.75, 3.05) is 0 Å². The van der Waals surface area contributed by atoms with Gasteiger partial charge in [-0.2, -0.15) is 5.10 Å². The van der Waals surface area contributed by atoms with Gasteiger partial charge in [0.05, 0.1) is 11.4 Å². The lowest BCUT2D eigenvalue weighted by Crippen LogP contribution is -2.24. The number of aromatic nitrogens is 3. The highest BCUT2D eigenvalue weighted by atomic mass is 16.1. The van der Waals surface area contributed by atoms with E-state index in [-0.39, 0.29) is 5.91 Å². The van der Waals surface area contributed by atoms with Gasteiger partial charge in [0.15, 0.2) is 0 Å². The van der Waals surface area contributed by atoms with Crippen molar-refractivity contribution in [3.05, 3.63) is 77.4 Å². The lowest BCUT2D eigenvalue weighted by molar-refractivity contribution is 0.0946. The number of benzene rings is 1. The average Bonchev–Trinajstić information content (AvgIpc) is 2.88. The Kier molecular flexibility index (Phi) is 4.19. The molecule has 0 aliphatic rings. The van der Waals surface area contributed by atoms with E-state index in [2.05, 4.69) is 15.4 Å². The van der Waals surface area contributed by atoms with Gasteiger partial charge in [-0.25, -0.2) is 4.68 Å². The molecule has 5 nitrogen and oxygen atoms in total. The molecule has 23 heavy (non-hydrogen) atoms. The number of carbonyl (C=O) groups excluding carboxylic acids is 1. The van der Waals surface area contributed by atoms with Gasteiger partial charge in [0.2, 0.25) is 0 Å². The summed E-state index contributed by atoms with van der Waals surface area (Å²) in [4.78, 5) is 16.2. The Labute approximate surface area is 135 Å². The van der Waals surface area contributed by atoms with Gasteiger partial charge in [0.1, 0.15) is 5.69 Å². The number of hydrogen-bond donors (Lipinski definition) is 1. The second-order valence-electron chi connectivity index (χ2n) is 5.29. The zero-order chi connectivity index (χ0) is 16.2. The summed E-state index contributed by atoms with van der Waals surface area (Å²) >= 11 is 0. The lowest BCUT2D eigenvalue weighted by atomic mass is 10.2. The third-order valence-corrected chi connectivity index (χ3v) is 3.77. The maximum Gasteiger partial charge on any atom is 0.270 e. The molecule has 0 radical (unpaired) electrons. The molecule has 5 heteroatoms. The molecule has 0 bridgehead atoms. The Morgan fingerprint density at radius 2 is 1.83 bits per heavy atom. The molecule has 0 aliphatic carbocycles. The molecule has 0 spiro atoms. The van der Waals surface area contributed by atoms with Crippen LogP contribution in [0.1, 0.15) is 27.4 Å². The van der Waals surface area contributed by atoms with Gasteiger partial charge in [-0.3, -0.25) is 9.78 Å². The normalized spacial score (nSPS) is 10.5. The van der Waals surface area contributed by atoms with E-state index in [0.29, 0.717) is 12.2 Å². The van der Waals surface area contributed by atoms with E-state index in [1.54, 1.807) is 24.4 Å². The molecule has 0 atom stereocenters. The first-order valence-electron chi connectivity index (χ1n) is 7.46. The minimum absolute atomic E-state index is 0.183. The van der Waals surface area contributed by atoms with Crippen molar-refractivity contribution in [3.8, 4) is 5.69 Å². The average molecular weight is 306 g/mol. The number of rotatable bonds is 4. The molecule has 116 valence electrons. The zero-order valence-electron chi connectivity index (χ0n) is 13.2. The van der Waals surface area contributed by atoms with Gasteiger partial charge in [-0.15, -0.1) is 0 Å². The van der Waals surface area contributed by atoms with Crippen LogP contribution in [0, 0.1) is 13.8 Å². The Hall–Kier alpha value is -2.95. The highest BCUT2D eigenvalue weighted by molar-refractivity contribution is 5.92. The van der Waals surface area contributed by atoms with Crippen LogP contribution >= 0.6 is 0 Å². The number of carbonyl (C=O) groups is 1. The molecule has 1 N–H and O–H groups in total. The number of nitrogens with zero attached hydrogens (tertiary/aromatic N) is 3. The maximum absolute atomic E-state index is 12.1. The fourth-order valence-corrected chi connectivity index (χ4v) is 2.51. The fraction of sp³-hybridized carbons (Fsp3) is 0.167. The summed E-state index contributed by atoms with van der Waals surface area (Å²) in [6.45, 7) is 4.39. The van der Waals surface area contributed by atoms with Gasteiger partial charge in [0, 0.05) is 24.0 Å². The fourth-order valence-electron chi connectivity index (χ4n) is 2.51. The van der Waals surface area contributed by atoms with Crippen LogP contribution in [0.4, 0.5) is 0 Å². The van der Waals surface area contributed by atoms with Crippen LogP contribution in [-0.4, -0.2) is 20.7 Å². The SMILES string of the molecule is Cc1nn(-c2ccccc2)c(C)c1CNC(=O)c1ccccn1. The van der Waals surface area contributed by atoms with Gasteiger partial charge in [0.25, 0.3) is 5.91 Å². The third kappa shape index (κ3) is 3.13. The molecule has 0 saturated heterocycles. The number of nitrogens with one attached hydrogen (secondary N) is 1. The molecule has 3 aromatic rings. The largest absolute Gasteiger partial charge is 0.346 e. The summed E-state index contributed by atoms with van der Waals surface area (Å²) in [5, 5.41) is 7.49. The standard InChI is InChI=1S/C18H18N4O/c1-13-16(12-20-18(23)17-10-6-7-11-19-17)14(2)22(21-13)15-8-4-3-5-9-15/h3-11H,12H2,1-2H3,(H,20,23). The van der Waals surface area contributed by atoms with Crippen molar-refractivity contribution < 1.29 is 4.79 Å². The van der Waals surface area contributed by atoms with Crippen molar-refractivity contribution in [1.29, 1.82) is 0 Å². The summed E-state index contributed by atoms with van der Waals surface area (Å²) in [5.74, 6) is -0.183. The maximum atomic E-state index is 12.1. The van der Waals surface area contributed by atoms with Crippen molar-refractivity contribution in [3.63, 3.8) is 0 Å². The first-order valence-corrected chi connectivity index (χ1v) is 7.46. The third-order valence-electron chi connectivity index (χ3n) is 3.77. The molecule has 3 rings (SSSR count). The second kappa shape index (κ2) is 6.44. The summed E-state index contributed by atoms with van der Waals surface area (Å²) in [6, 6.07) is 15.2. The predicted molar refractivity (Wildman–Crippen MR) is 88.4 cm³/mol. The smallest absolute Gasteiger partial charge is 0.270 e. The number of para-hydroxylation sites is 1. The van der Waals surface area contributed by atoms with Crippen molar-refractivity contribution in [1.82, 2.24) is 20.1 Å². The molecular formula is C18H18N4O. The van der Waals surface area contributed by atoms with E-state index in [1.165, 1.54) is 0 Å².